The number of nitrogens with zero attached hydrogens (tertiary/aromatic N) is 4. The van der Waals surface area contributed by atoms with Gasteiger partial charge in [0.15, 0.2) is 0 Å². The predicted molar refractivity (Wildman–Crippen MR) is 117 cm³/mol. The van der Waals surface area contributed by atoms with Gasteiger partial charge in [0, 0.05) is 24.0 Å². The first-order chi connectivity index (χ1) is 13.7. The Bertz CT molecular complexity index is 1150. The minimum Gasteiger partial charge on any atom is -0.367 e. The van der Waals surface area contributed by atoms with E-state index in [2.05, 4.69) is 64.6 Å². The van der Waals surface area contributed by atoms with E-state index in [1.165, 1.54) is 28.5 Å². The maximum atomic E-state index is 5.12. The van der Waals surface area contributed by atoms with Crippen molar-refractivity contribution in [2.45, 2.75) is 19.3 Å². The molecule has 0 unspecified atom stereocenters. The van der Waals surface area contributed by atoms with Crippen LogP contribution in [0, 0.1) is 0 Å². The number of anilines is 1. The number of aryl methyl sites for hydroxylation is 1. The van der Waals surface area contributed by atoms with Gasteiger partial charge in [-0.3, -0.25) is 0 Å². The van der Waals surface area contributed by atoms with Gasteiger partial charge in [-0.25, -0.2) is 15.0 Å². The SMILES string of the molecule is CN(C)CCNc1ncnc2c1sc1nc(-c3ccccc3)c3c(c12)CCC3. The molecule has 1 aliphatic carbocycles. The van der Waals surface area contributed by atoms with Gasteiger partial charge in [0.1, 0.15) is 17.0 Å². The maximum Gasteiger partial charge on any atom is 0.147 e. The summed E-state index contributed by atoms with van der Waals surface area (Å²) in [5.41, 5.74) is 6.23. The highest BCUT2D eigenvalue weighted by atomic mass is 32.1. The summed E-state index contributed by atoms with van der Waals surface area (Å²) in [6.45, 7) is 1.82. The van der Waals surface area contributed by atoms with Crippen molar-refractivity contribution in [1.29, 1.82) is 0 Å². The molecule has 3 aromatic heterocycles. The van der Waals surface area contributed by atoms with Crippen molar-refractivity contribution < 1.29 is 0 Å². The van der Waals surface area contributed by atoms with Crippen molar-refractivity contribution in [2.75, 3.05) is 32.5 Å². The standard InChI is InChI=1S/C22H23N5S/c1-27(2)12-11-23-21-20-19(24-13-25-21)17-15-9-6-10-16(15)18(26-22(17)28-20)14-7-4-3-5-8-14/h3-5,7-8,13H,6,9-12H2,1-2H3,(H,23,24,25). The molecule has 1 aliphatic rings. The number of pyridine rings is 1. The van der Waals surface area contributed by atoms with Crippen LogP contribution in [-0.2, 0) is 12.8 Å². The monoisotopic (exact) mass is 389 g/mol. The van der Waals surface area contributed by atoms with E-state index in [-0.39, 0.29) is 0 Å². The molecular formula is C22H23N5S. The van der Waals surface area contributed by atoms with Crippen LogP contribution in [0.15, 0.2) is 36.7 Å². The van der Waals surface area contributed by atoms with Crippen LogP contribution in [0.4, 0.5) is 5.82 Å². The molecule has 28 heavy (non-hydrogen) atoms. The maximum absolute atomic E-state index is 5.12. The molecule has 0 fully saturated rings. The van der Waals surface area contributed by atoms with E-state index in [4.69, 9.17) is 4.98 Å². The van der Waals surface area contributed by atoms with Crippen molar-refractivity contribution >= 4 is 37.6 Å². The van der Waals surface area contributed by atoms with Crippen LogP contribution in [0.1, 0.15) is 17.5 Å². The lowest BCUT2D eigenvalue weighted by Gasteiger charge is -2.11. The molecule has 4 aromatic rings. The number of fused-ring (bicyclic) bond motifs is 5. The highest BCUT2D eigenvalue weighted by Crippen LogP contribution is 2.43. The Morgan fingerprint density at radius 2 is 1.89 bits per heavy atom. The summed E-state index contributed by atoms with van der Waals surface area (Å²) in [5, 5.41) is 4.72. The fourth-order valence-electron chi connectivity index (χ4n) is 4.06. The van der Waals surface area contributed by atoms with Crippen LogP contribution in [0.2, 0.25) is 0 Å². The molecule has 0 saturated carbocycles. The molecule has 5 rings (SSSR count). The first kappa shape index (κ1) is 17.5. The lowest BCUT2D eigenvalue weighted by Crippen LogP contribution is -2.21. The second-order valence-electron chi connectivity index (χ2n) is 7.55. The van der Waals surface area contributed by atoms with Crippen molar-refractivity contribution in [1.82, 2.24) is 19.9 Å². The largest absolute Gasteiger partial charge is 0.367 e. The lowest BCUT2D eigenvalue weighted by molar-refractivity contribution is 0.425. The van der Waals surface area contributed by atoms with Gasteiger partial charge in [0.2, 0.25) is 0 Å². The molecule has 6 heteroatoms. The van der Waals surface area contributed by atoms with Crippen molar-refractivity contribution in [3.8, 4) is 11.3 Å². The summed E-state index contributed by atoms with van der Waals surface area (Å²) in [7, 11) is 4.16. The molecule has 1 N–H and O–H groups in total. The molecule has 142 valence electrons. The van der Waals surface area contributed by atoms with Crippen LogP contribution in [0.25, 0.3) is 31.7 Å². The highest BCUT2D eigenvalue weighted by molar-refractivity contribution is 7.26. The highest BCUT2D eigenvalue weighted by Gasteiger charge is 2.24. The fraction of sp³-hybridized carbons (Fsp3) is 0.318. The number of aromatic nitrogens is 3. The lowest BCUT2D eigenvalue weighted by atomic mass is 10.0. The van der Waals surface area contributed by atoms with Crippen LogP contribution >= 0.6 is 11.3 Å². The van der Waals surface area contributed by atoms with Crippen molar-refractivity contribution in [2.24, 2.45) is 0 Å². The Hall–Kier alpha value is -2.57. The van der Waals surface area contributed by atoms with Crippen LogP contribution in [0.5, 0.6) is 0 Å². The summed E-state index contributed by atoms with van der Waals surface area (Å²) in [5.74, 6) is 0.919. The molecule has 0 saturated heterocycles. The van der Waals surface area contributed by atoms with Gasteiger partial charge in [0.05, 0.1) is 15.9 Å². The zero-order valence-corrected chi connectivity index (χ0v) is 17.0. The Kier molecular flexibility index (Phi) is 4.45. The average molecular weight is 390 g/mol. The van der Waals surface area contributed by atoms with E-state index in [1.807, 2.05) is 0 Å². The van der Waals surface area contributed by atoms with Crippen LogP contribution < -0.4 is 5.32 Å². The van der Waals surface area contributed by atoms with E-state index in [9.17, 15) is 0 Å². The van der Waals surface area contributed by atoms with Crippen molar-refractivity contribution in [3.05, 3.63) is 47.8 Å². The Balaban J connectivity index is 1.69. The van der Waals surface area contributed by atoms with E-state index < -0.39 is 0 Å². The average Bonchev–Trinajstić information content (AvgIpc) is 3.32. The molecule has 0 radical (unpaired) electrons. The van der Waals surface area contributed by atoms with Gasteiger partial charge in [0.25, 0.3) is 0 Å². The minimum absolute atomic E-state index is 0.855. The first-order valence-electron chi connectivity index (χ1n) is 9.75. The number of benzene rings is 1. The normalized spacial score (nSPS) is 13.5. The predicted octanol–water partition coefficient (Wildman–Crippen LogP) is 4.37. The number of likely N-dealkylation sites (N-methyl/N-ethyl adjacent to an activating group) is 1. The zero-order chi connectivity index (χ0) is 19.1. The number of rotatable bonds is 5. The molecule has 0 bridgehead atoms. The Morgan fingerprint density at radius 1 is 1.07 bits per heavy atom. The minimum atomic E-state index is 0.855. The zero-order valence-electron chi connectivity index (χ0n) is 16.2. The van der Waals surface area contributed by atoms with E-state index in [1.54, 1.807) is 17.7 Å². The third-order valence-electron chi connectivity index (χ3n) is 5.37. The number of thiophene rings is 1. The molecule has 5 nitrogen and oxygen atoms in total. The Morgan fingerprint density at radius 3 is 2.71 bits per heavy atom. The summed E-state index contributed by atoms with van der Waals surface area (Å²) in [6, 6.07) is 10.6. The van der Waals surface area contributed by atoms with Gasteiger partial charge in [-0.2, -0.15) is 0 Å². The summed E-state index contributed by atoms with van der Waals surface area (Å²) in [4.78, 5) is 17.5. The topological polar surface area (TPSA) is 53.9 Å². The van der Waals surface area contributed by atoms with Gasteiger partial charge >= 0.3 is 0 Å². The molecule has 0 spiro atoms. The number of nitrogens with one attached hydrogen (secondary N) is 1. The number of hydrogen-bond acceptors (Lipinski definition) is 6. The van der Waals surface area contributed by atoms with Gasteiger partial charge < -0.3 is 10.2 Å². The Labute approximate surface area is 168 Å². The second-order valence-corrected chi connectivity index (χ2v) is 8.55. The van der Waals surface area contributed by atoms with E-state index in [0.717, 1.165) is 52.5 Å². The summed E-state index contributed by atoms with van der Waals surface area (Å²) < 4.78 is 1.11. The van der Waals surface area contributed by atoms with E-state index in [0.29, 0.717) is 0 Å². The first-order valence-corrected chi connectivity index (χ1v) is 10.6. The van der Waals surface area contributed by atoms with Gasteiger partial charge in [-0.05, 0) is 44.5 Å². The van der Waals surface area contributed by atoms with Crippen LogP contribution in [-0.4, -0.2) is 47.0 Å². The smallest absolute Gasteiger partial charge is 0.147 e. The van der Waals surface area contributed by atoms with Crippen molar-refractivity contribution in [3.63, 3.8) is 0 Å². The molecule has 3 heterocycles. The summed E-state index contributed by atoms with van der Waals surface area (Å²) >= 11 is 1.71. The van der Waals surface area contributed by atoms with Gasteiger partial charge in [-0.15, -0.1) is 11.3 Å². The molecular weight excluding hydrogens is 366 g/mol. The van der Waals surface area contributed by atoms with Crippen LogP contribution in [0.3, 0.4) is 0 Å². The molecule has 0 amide bonds. The molecule has 1 aromatic carbocycles. The van der Waals surface area contributed by atoms with Gasteiger partial charge in [-0.1, -0.05) is 30.3 Å². The quantitative estimate of drug-likeness (QED) is 0.549. The summed E-state index contributed by atoms with van der Waals surface area (Å²) in [6.07, 6.45) is 5.07. The fourth-order valence-corrected chi connectivity index (χ4v) is 5.18. The third-order valence-corrected chi connectivity index (χ3v) is 6.45. The number of hydrogen-bond donors (Lipinski definition) is 1. The molecule has 0 atom stereocenters. The van der Waals surface area contributed by atoms with E-state index >= 15 is 0 Å². The third kappa shape index (κ3) is 2.93. The molecule has 0 aliphatic heterocycles. The second kappa shape index (κ2) is 7.11.